The number of hydrogen-bond acceptors (Lipinski definition) is 5. The van der Waals surface area contributed by atoms with E-state index in [1.807, 2.05) is 11.0 Å². The molecule has 1 fully saturated rings. The fraction of sp³-hybridized carbons (Fsp3) is 0.364. The molecule has 0 spiro atoms. The third kappa shape index (κ3) is 3.99. The van der Waals surface area contributed by atoms with E-state index in [0.717, 1.165) is 32.4 Å². The number of hydrogen-bond donors (Lipinski definition) is 1. The molecule has 1 heterocycles. The van der Waals surface area contributed by atoms with E-state index in [0.29, 0.717) is 22.4 Å². The molecule has 0 bridgehead atoms. The Bertz CT molecular complexity index is 918. The van der Waals surface area contributed by atoms with Gasteiger partial charge in [0.1, 0.15) is 5.56 Å². The Labute approximate surface area is 169 Å². The zero-order chi connectivity index (χ0) is 21.0. The Morgan fingerprint density at radius 3 is 2.14 bits per heavy atom. The van der Waals surface area contributed by atoms with Gasteiger partial charge in [0.05, 0.1) is 21.3 Å². The van der Waals surface area contributed by atoms with Crippen LogP contribution in [0.5, 0.6) is 17.2 Å². The highest BCUT2D eigenvalue weighted by Gasteiger charge is 2.26. The van der Waals surface area contributed by atoms with Crippen LogP contribution in [0.15, 0.2) is 30.3 Å². The maximum absolute atomic E-state index is 12.9. The molecule has 1 aliphatic heterocycles. The monoisotopic (exact) mass is 399 g/mol. The summed E-state index contributed by atoms with van der Waals surface area (Å²) in [7, 11) is 4.28. The number of likely N-dealkylation sites (tertiary alicyclic amines) is 1. The van der Waals surface area contributed by atoms with Crippen LogP contribution in [-0.4, -0.2) is 56.3 Å². The third-order valence-electron chi connectivity index (χ3n) is 5.10. The average Bonchev–Trinajstić information content (AvgIpc) is 2.77. The van der Waals surface area contributed by atoms with Crippen LogP contribution in [-0.2, 0) is 0 Å². The Hall–Kier alpha value is -3.22. The van der Waals surface area contributed by atoms with Gasteiger partial charge in [0.25, 0.3) is 5.91 Å². The number of amides is 1. The van der Waals surface area contributed by atoms with Crippen molar-refractivity contribution in [3.05, 3.63) is 41.5 Å². The maximum atomic E-state index is 12.9. The number of carboxylic acid groups (broad SMARTS) is 1. The number of carboxylic acids is 1. The van der Waals surface area contributed by atoms with Crippen LogP contribution in [0.1, 0.15) is 40.0 Å². The van der Waals surface area contributed by atoms with E-state index >= 15 is 0 Å². The molecule has 154 valence electrons. The summed E-state index contributed by atoms with van der Waals surface area (Å²) in [6.07, 6.45) is 3.17. The number of benzene rings is 2. The lowest BCUT2D eigenvalue weighted by Crippen LogP contribution is -2.35. The summed E-state index contributed by atoms with van der Waals surface area (Å²) in [5.41, 5.74) is 1.68. The Kier molecular flexibility index (Phi) is 6.26. The van der Waals surface area contributed by atoms with E-state index in [9.17, 15) is 14.7 Å². The van der Waals surface area contributed by atoms with Crippen molar-refractivity contribution in [1.29, 1.82) is 0 Å². The van der Waals surface area contributed by atoms with Crippen LogP contribution < -0.4 is 14.2 Å². The number of carbonyl (C=O) groups is 2. The number of rotatable bonds is 6. The summed E-state index contributed by atoms with van der Waals surface area (Å²) in [4.78, 5) is 26.5. The number of methoxy groups -OCH3 is 3. The van der Waals surface area contributed by atoms with Crippen molar-refractivity contribution in [3.8, 4) is 28.4 Å². The number of aromatic carboxylic acids is 1. The van der Waals surface area contributed by atoms with Gasteiger partial charge in [0, 0.05) is 24.2 Å². The smallest absolute Gasteiger partial charge is 0.339 e. The summed E-state index contributed by atoms with van der Waals surface area (Å²) in [5.74, 6) is -0.551. The third-order valence-corrected chi connectivity index (χ3v) is 5.10. The fourth-order valence-corrected chi connectivity index (χ4v) is 3.69. The normalized spacial score (nSPS) is 13.7. The lowest BCUT2D eigenvalue weighted by atomic mass is 9.97. The molecule has 0 radical (unpaired) electrons. The average molecular weight is 399 g/mol. The molecule has 1 N–H and O–H groups in total. The quantitative estimate of drug-likeness (QED) is 0.797. The summed E-state index contributed by atoms with van der Waals surface area (Å²) < 4.78 is 16.2. The first-order valence-electron chi connectivity index (χ1n) is 9.47. The molecular formula is C22H25NO6. The van der Waals surface area contributed by atoms with Crippen molar-refractivity contribution in [2.45, 2.75) is 19.3 Å². The van der Waals surface area contributed by atoms with Gasteiger partial charge in [-0.05, 0) is 43.0 Å². The second-order valence-corrected chi connectivity index (χ2v) is 6.81. The molecule has 2 aromatic carbocycles. The standard InChI is InChI=1S/C22H25NO6/c1-27-18-16(13-17(22(25)26)19(28-2)20(18)29-3)14-8-7-9-15(12-14)21(24)23-10-5-4-6-11-23/h7-9,12-13H,4-6,10-11H2,1-3H3,(H,25,26). The van der Waals surface area contributed by atoms with Crippen LogP contribution in [0.25, 0.3) is 11.1 Å². The second-order valence-electron chi connectivity index (χ2n) is 6.81. The summed E-state index contributed by atoms with van der Waals surface area (Å²) in [5, 5.41) is 9.63. The van der Waals surface area contributed by atoms with Gasteiger partial charge in [0.15, 0.2) is 11.5 Å². The topological polar surface area (TPSA) is 85.3 Å². The summed E-state index contributed by atoms with van der Waals surface area (Å²) >= 11 is 0. The first kappa shape index (κ1) is 20.5. The summed E-state index contributed by atoms with van der Waals surface area (Å²) in [6.45, 7) is 1.51. The van der Waals surface area contributed by atoms with Crippen LogP contribution in [0.3, 0.4) is 0 Å². The first-order valence-corrected chi connectivity index (χ1v) is 9.47. The number of carbonyl (C=O) groups excluding carboxylic acids is 1. The first-order chi connectivity index (χ1) is 14.0. The molecular weight excluding hydrogens is 374 g/mol. The van der Waals surface area contributed by atoms with Crippen LogP contribution in [0, 0.1) is 0 Å². The maximum Gasteiger partial charge on any atom is 0.339 e. The van der Waals surface area contributed by atoms with Gasteiger partial charge in [-0.2, -0.15) is 0 Å². The van der Waals surface area contributed by atoms with Crippen LogP contribution in [0.4, 0.5) is 0 Å². The molecule has 3 rings (SSSR count). The minimum absolute atomic E-state index is 0.0237. The van der Waals surface area contributed by atoms with Crippen molar-refractivity contribution in [3.63, 3.8) is 0 Å². The van der Waals surface area contributed by atoms with Gasteiger partial charge in [-0.1, -0.05) is 12.1 Å². The Balaban J connectivity index is 2.11. The Morgan fingerprint density at radius 2 is 1.55 bits per heavy atom. The zero-order valence-corrected chi connectivity index (χ0v) is 16.9. The van der Waals surface area contributed by atoms with Gasteiger partial charge in [-0.25, -0.2) is 4.79 Å². The van der Waals surface area contributed by atoms with Crippen molar-refractivity contribution < 1.29 is 28.9 Å². The Morgan fingerprint density at radius 1 is 0.897 bits per heavy atom. The predicted octanol–water partition coefficient (Wildman–Crippen LogP) is 3.70. The molecule has 0 saturated carbocycles. The lowest BCUT2D eigenvalue weighted by molar-refractivity contribution is 0.0690. The van der Waals surface area contributed by atoms with E-state index < -0.39 is 5.97 Å². The van der Waals surface area contributed by atoms with E-state index in [1.165, 1.54) is 27.4 Å². The van der Waals surface area contributed by atoms with Crippen LogP contribution in [0.2, 0.25) is 0 Å². The van der Waals surface area contributed by atoms with E-state index in [4.69, 9.17) is 14.2 Å². The van der Waals surface area contributed by atoms with Crippen molar-refractivity contribution >= 4 is 11.9 Å². The highest BCUT2D eigenvalue weighted by molar-refractivity contribution is 5.98. The molecule has 7 heteroatoms. The van der Waals surface area contributed by atoms with Gasteiger partial charge in [-0.15, -0.1) is 0 Å². The number of ether oxygens (including phenoxy) is 3. The minimum atomic E-state index is -1.15. The van der Waals surface area contributed by atoms with Crippen molar-refractivity contribution in [1.82, 2.24) is 4.90 Å². The molecule has 0 unspecified atom stereocenters. The predicted molar refractivity (Wildman–Crippen MR) is 108 cm³/mol. The fourth-order valence-electron chi connectivity index (χ4n) is 3.69. The lowest BCUT2D eigenvalue weighted by Gasteiger charge is -2.27. The van der Waals surface area contributed by atoms with Crippen molar-refractivity contribution in [2.24, 2.45) is 0 Å². The van der Waals surface area contributed by atoms with Crippen LogP contribution >= 0.6 is 0 Å². The molecule has 1 amide bonds. The SMILES string of the molecule is COc1c(C(=O)O)cc(-c2cccc(C(=O)N3CCCCC3)c2)c(OC)c1OC. The van der Waals surface area contributed by atoms with E-state index in [2.05, 4.69) is 0 Å². The van der Waals surface area contributed by atoms with Gasteiger partial charge in [0.2, 0.25) is 5.75 Å². The van der Waals surface area contributed by atoms with E-state index in [1.54, 1.807) is 18.2 Å². The number of piperidine rings is 1. The largest absolute Gasteiger partial charge is 0.492 e. The zero-order valence-electron chi connectivity index (χ0n) is 16.9. The molecule has 1 aliphatic rings. The van der Waals surface area contributed by atoms with Gasteiger partial charge < -0.3 is 24.2 Å². The second kappa shape index (κ2) is 8.86. The highest BCUT2D eigenvalue weighted by atomic mass is 16.5. The molecule has 7 nitrogen and oxygen atoms in total. The minimum Gasteiger partial charge on any atom is -0.492 e. The van der Waals surface area contributed by atoms with Gasteiger partial charge in [-0.3, -0.25) is 4.79 Å². The molecule has 0 aliphatic carbocycles. The number of nitrogens with zero attached hydrogens (tertiary/aromatic N) is 1. The molecule has 0 aromatic heterocycles. The molecule has 29 heavy (non-hydrogen) atoms. The highest BCUT2D eigenvalue weighted by Crippen LogP contribution is 2.46. The summed E-state index contributed by atoms with van der Waals surface area (Å²) in [6, 6.07) is 8.59. The van der Waals surface area contributed by atoms with Crippen molar-refractivity contribution in [2.75, 3.05) is 34.4 Å². The van der Waals surface area contributed by atoms with Gasteiger partial charge >= 0.3 is 5.97 Å². The van der Waals surface area contributed by atoms with E-state index in [-0.39, 0.29) is 23.0 Å². The molecule has 2 aromatic rings. The molecule has 1 saturated heterocycles. The molecule has 0 atom stereocenters.